The van der Waals surface area contributed by atoms with Crippen LogP contribution in [-0.2, 0) is 10.0 Å². The molecule has 5 rings (SSSR count). The van der Waals surface area contributed by atoms with E-state index < -0.39 is 10.0 Å². The lowest BCUT2D eigenvalue weighted by Gasteiger charge is -2.67. The summed E-state index contributed by atoms with van der Waals surface area (Å²) in [6, 6.07) is 3.54. The van der Waals surface area contributed by atoms with Gasteiger partial charge in [-0.15, -0.1) is 0 Å². The standard InChI is InChI=1S/C18H25BrN2O3S/c1-3-4-5-13-11-21(18-8-12(9-18)10-18)15-6-14(19)16(24-2)7-17(15)25(22,23)20-13/h6-7,12-13,20H,3-5,8-11H2,1-2H3/t12?,13-,18?/m1/s1. The van der Waals surface area contributed by atoms with Crippen molar-refractivity contribution in [1.82, 2.24) is 4.72 Å². The Bertz CT molecular complexity index is 779. The van der Waals surface area contributed by atoms with Gasteiger partial charge in [0, 0.05) is 24.2 Å². The van der Waals surface area contributed by atoms with Crippen molar-refractivity contribution in [3.63, 3.8) is 0 Å². The van der Waals surface area contributed by atoms with Gasteiger partial charge < -0.3 is 9.64 Å². The Kier molecular flexibility index (Phi) is 4.32. The van der Waals surface area contributed by atoms with Gasteiger partial charge in [-0.1, -0.05) is 19.8 Å². The molecular formula is C18H25BrN2O3S. The maximum Gasteiger partial charge on any atom is 0.243 e. The van der Waals surface area contributed by atoms with E-state index >= 15 is 0 Å². The molecule has 0 amide bonds. The predicted molar refractivity (Wildman–Crippen MR) is 102 cm³/mol. The molecule has 7 heteroatoms. The Labute approximate surface area is 158 Å². The van der Waals surface area contributed by atoms with Crippen molar-refractivity contribution in [2.45, 2.75) is 61.9 Å². The van der Waals surface area contributed by atoms with Gasteiger partial charge >= 0.3 is 0 Å². The lowest BCUT2D eigenvalue weighted by Crippen LogP contribution is -2.69. The van der Waals surface area contributed by atoms with Crippen molar-refractivity contribution in [3.05, 3.63) is 16.6 Å². The molecule has 1 aromatic carbocycles. The van der Waals surface area contributed by atoms with Crippen LogP contribution in [0.5, 0.6) is 5.75 Å². The number of nitrogens with one attached hydrogen (secondary N) is 1. The van der Waals surface area contributed by atoms with Crippen molar-refractivity contribution in [2.24, 2.45) is 5.92 Å². The summed E-state index contributed by atoms with van der Waals surface area (Å²) in [5.41, 5.74) is 0.983. The zero-order valence-corrected chi connectivity index (χ0v) is 17.1. The highest BCUT2D eigenvalue weighted by Gasteiger charge is 2.61. The molecule has 1 N–H and O–H groups in total. The quantitative estimate of drug-likeness (QED) is 0.776. The van der Waals surface area contributed by atoms with E-state index in [1.165, 1.54) is 19.3 Å². The van der Waals surface area contributed by atoms with Crippen LogP contribution in [-0.4, -0.2) is 33.7 Å². The number of nitrogens with zero attached hydrogens (tertiary/aromatic N) is 1. The van der Waals surface area contributed by atoms with Crippen LogP contribution in [0.25, 0.3) is 0 Å². The van der Waals surface area contributed by atoms with Gasteiger partial charge in [0.25, 0.3) is 0 Å². The third-order valence-corrected chi connectivity index (χ3v) is 8.19. The highest BCUT2D eigenvalue weighted by Crippen LogP contribution is 2.62. The number of unbranched alkanes of at least 4 members (excludes halogenated alkanes) is 1. The third-order valence-electron chi connectivity index (χ3n) is 6.02. The summed E-state index contributed by atoms with van der Waals surface area (Å²) >= 11 is 3.54. The molecule has 0 spiro atoms. The SMILES string of the molecule is CCCC[C@@H]1CN(C23CC(C2)C3)c2cc(Br)c(OC)cc2S(=O)(=O)N1. The lowest BCUT2D eigenvalue weighted by atomic mass is 9.49. The number of anilines is 1. The van der Waals surface area contributed by atoms with Crippen molar-refractivity contribution < 1.29 is 13.2 Å². The van der Waals surface area contributed by atoms with Gasteiger partial charge in [-0.3, -0.25) is 0 Å². The number of ether oxygens (including phenoxy) is 1. The van der Waals surface area contributed by atoms with Crippen LogP contribution in [0.4, 0.5) is 5.69 Å². The van der Waals surface area contributed by atoms with E-state index in [-0.39, 0.29) is 11.6 Å². The molecule has 0 unspecified atom stereocenters. The van der Waals surface area contributed by atoms with Crippen LogP contribution in [0.1, 0.15) is 45.4 Å². The average molecular weight is 429 g/mol. The molecule has 0 saturated heterocycles. The number of methoxy groups -OCH3 is 1. The molecule has 5 nitrogen and oxygen atoms in total. The van der Waals surface area contributed by atoms with E-state index in [0.717, 1.165) is 41.9 Å². The first-order valence-electron chi connectivity index (χ1n) is 9.06. The minimum atomic E-state index is -3.56. The van der Waals surface area contributed by atoms with Crippen molar-refractivity contribution in [1.29, 1.82) is 0 Å². The first-order valence-corrected chi connectivity index (χ1v) is 11.3. The molecule has 1 aliphatic heterocycles. The van der Waals surface area contributed by atoms with Crippen LogP contribution in [0, 0.1) is 5.92 Å². The lowest BCUT2D eigenvalue weighted by molar-refractivity contribution is -0.0260. The fraction of sp³-hybridized carbons (Fsp3) is 0.667. The smallest absolute Gasteiger partial charge is 0.243 e. The first kappa shape index (κ1) is 17.6. The molecule has 3 aliphatic carbocycles. The maximum absolute atomic E-state index is 13.0. The van der Waals surface area contributed by atoms with E-state index in [0.29, 0.717) is 10.6 Å². The Morgan fingerprint density at radius 3 is 2.64 bits per heavy atom. The monoisotopic (exact) mass is 428 g/mol. The van der Waals surface area contributed by atoms with Crippen molar-refractivity contribution in [3.8, 4) is 5.75 Å². The fourth-order valence-electron chi connectivity index (χ4n) is 4.56. The highest BCUT2D eigenvalue weighted by atomic mass is 79.9. The summed E-state index contributed by atoms with van der Waals surface area (Å²) in [5, 5.41) is 0. The molecule has 3 fully saturated rings. The second kappa shape index (κ2) is 6.13. The largest absolute Gasteiger partial charge is 0.496 e. The topological polar surface area (TPSA) is 58.6 Å². The Balaban J connectivity index is 1.81. The summed E-state index contributed by atoms with van der Waals surface area (Å²) in [6.07, 6.45) is 6.54. The first-order chi connectivity index (χ1) is 11.9. The van der Waals surface area contributed by atoms with Gasteiger partial charge in [0.05, 0.1) is 17.3 Å². The van der Waals surface area contributed by atoms with Gasteiger partial charge in [-0.25, -0.2) is 13.1 Å². The van der Waals surface area contributed by atoms with E-state index in [1.807, 2.05) is 6.07 Å². The van der Waals surface area contributed by atoms with Crippen LogP contribution >= 0.6 is 15.9 Å². The molecule has 1 heterocycles. The maximum atomic E-state index is 13.0. The van der Waals surface area contributed by atoms with Gasteiger partial charge in [0.15, 0.2) is 0 Å². The molecule has 25 heavy (non-hydrogen) atoms. The zero-order valence-electron chi connectivity index (χ0n) is 14.7. The third kappa shape index (κ3) is 2.79. The molecule has 138 valence electrons. The van der Waals surface area contributed by atoms with E-state index in [1.54, 1.807) is 13.2 Å². The minimum absolute atomic E-state index is 0.0452. The van der Waals surface area contributed by atoms with Crippen molar-refractivity contribution in [2.75, 3.05) is 18.6 Å². The fourth-order valence-corrected chi connectivity index (χ4v) is 6.52. The average Bonchev–Trinajstić information content (AvgIpc) is 2.57. The van der Waals surface area contributed by atoms with E-state index in [4.69, 9.17) is 4.74 Å². The second-order valence-electron chi connectivity index (χ2n) is 7.73. The number of halogens is 1. The van der Waals surface area contributed by atoms with Gasteiger partial charge in [0.1, 0.15) is 10.6 Å². The molecule has 1 atom stereocenters. The summed E-state index contributed by atoms with van der Waals surface area (Å²) < 4.78 is 35.2. The normalized spacial score (nSPS) is 32.2. The number of hydrogen-bond donors (Lipinski definition) is 1. The second-order valence-corrected chi connectivity index (χ2v) is 10.3. The van der Waals surface area contributed by atoms with Crippen LogP contribution in [0.2, 0.25) is 0 Å². The van der Waals surface area contributed by atoms with Crippen molar-refractivity contribution >= 4 is 31.6 Å². The summed E-state index contributed by atoms with van der Waals surface area (Å²) in [5.74, 6) is 1.39. The van der Waals surface area contributed by atoms with Crippen LogP contribution in [0.15, 0.2) is 21.5 Å². The molecule has 3 saturated carbocycles. The zero-order chi connectivity index (χ0) is 17.8. The van der Waals surface area contributed by atoms with E-state index in [9.17, 15) is 8.42 Å². The minimum Gasteiger partial charge on any atom is -0.496 e. The molecule has 1 aromatic rings. The van der Waals surface area contributed by atoms with E-state index in [2.05, 4.69) is 32.5 Å². The van der Waals surface area contributed by atoms with Gasteiger partial charge in [-0.05, 0) is 53.6 Å². The number of rotatable bonds is 5. The number of hydrogen-bond acceptors (Lipinski definition) is 4. The molecule has 4 aliphatic rings. The number of fused-ring (bicyclic) bond motifs is 1. The number of sulfonamides is 1. The van der Waals surface area contributed by atoms with Gasteiger partial charge in [0.2, 0.25) is 10.0 Å². The van der Waals surface area contributed by atoms with Crippen LogP contribution in [0.3, 0.4) is 0 Å². The Hall–Kier alpha value is -0.790. The highest BCUT2D eigenvalue weighted by molar-refractivity contribution is 9.10. The number of benzene rings is 1. The summed E-state index contributed by atoms with van der Waals surface area (Å²) in [4.78, 5) is 2.72. The Morgan fingerprint density at radius 1 is 1.36 bits per heavy atom. The summed E-state index contributed by atoms with van der Waals surface area (Å²) in [7, 11) is -2.00. The molecule has 0 radical (unpaired) electrons. The molecular weight excluding hydrogens is 404 g/mol. The Morgan fingerprint density at radius 2 is 2.08 bits per heavy atom. The predicted octanol–water partition coefficient (Wildman–Crippen LogP) is 3.67. The summed E-state index contributed by atoms with van der Waals surface area (Å²) in [6.45, 7) is 2.89. The molecule has 2 bridgehead atoms. The van der Waals surface area contributed by atoms with Gasteiger partial charge in [-0.2, -0.15) is 0 Å². The molecule has 0 aromatic heterocycles. The van der Waals surface area contributed by atoms with Crippen LogP contribution < -0.4 is 14.4 Å².